The highest BCUT2D eigenvalue weighted by atomic mass is 16.5. The number of H-pyrrole nitrogens is 1. The zero-order valence-corrected chi connectivity index (χ0v) is 14.2. The molecule has 26 heavy (non-hydrogen) atoms. The summed E-state index contributed by atoms with van der Waals surface area (Å²) >= 11 is 0. The SMILES string of the molecule is COc1cc(-n2cnnn2)ccc1NC(=O)NCc1n[nH]c2c1CCC2. The highest BCUT2D eigenvalue weighted by molar-refractivity contribution is 5.91. The predicted molar refractivity (Wildman–Crippen MR) is 92.2 cm³/mol. The number of benzene rings is 1. The molecule has 2 amide bonds. The number of ether oxygens (including phenoxy) is 1. The van der Waals surface area contributed by atoms with Gasteiger partial charge in [0.05, 0.1) is 30.7 Å². The van der Waals surface area contributed by atoms with E-state index in [1.165, 1.54) is 29.4 Å². The van der Waals surface area contributed by atoms with Crippen molar-refractivity contribution in [3.05, 3.63) is 41.5 Å². The Balaban J connectivity index is 1.42. The molecule has 0 atom stereocenters. The van der Waals surface area contributed by atoms with Crippen LogP contribution in [0.5, 0.6) is 5.75 Å². The Morgan fingerprint density at radius 3 is 3.12 bits per heavy atom. The van der Waals surface area contributed by atoms with Gasteiger partial charge in [0.25, 0.3) is 0 Å². The van der Waals surface area contributed by atoms with Gasteiger partial charge in [-0.3, -0.25) is 5.10 Å². The van der Waals surface area contributed by atoms with Crippen LogP contribution in [0.3, 0.4) is 0 Å². The van der Waals surface area contributed by atoms with Crippen molar-refractivity contribution in [3.63, 3.8) is 0 Å². The minimum atomic E-state index is -0.326. The van der Waals surface area contributed by atoms with Gasteiger partial charge in [0, 0.05) is 11.8 Å². The number of amides is 2. The van der Waals surface area contributed by atoms with Gasteiger partial charge in [-0.05, 0) is 47.4 Å². The number of nitrogens with one attached hydrogen (secondary N) is 3. The fourth-order valence-electron chi connectivity index (χ4n) is 3.07. The monoisotopic (exact) mass is 354 g/mol. The van der Waals surface area contributed by atoms with Crippen molar-refractivity contribution in [1.82, 2.24) is 35.7 Å². The second kappa shape index (κ2) is 6.82. The molecule has 10 nitrogen and oxygen atoms in total. The van der Waals surface area contributed by atoms with Crippen molar-refractivity contribution in [2.24, 2.45) is 0 Å². The van der Waals surface area contributed by atoms with E-state index in [4.69, 9.17) is 4.74 Å². The number of carbonyl (C=O) groups is 1. The molecule has 3 N–H and O–H groups in total. The molecular weight excluding hydrogens is 336 g/mol. The molecule has 0 bridgehead atoms. The van der Waals surface area contributed by atoms with Crippen LogP contribution in [-0.4, -0.2) is 43.5 Å². The van der Waals surface area contributed by atoms with Gasteiger partial charge in [-0.25, -0.2) is 9.48 Å². The van der Waals surface area contributed by atoms with Crippen LogP contribution in [0.25, 0.3) is 5.69 Å². The number of nitrogens with zero attached hydrogens (tertiary/aromatic N) is 5. The minimum Gasteiger partial charge on any atom is -0.494 e. The first-order chi connectivity index (χ1) is 12.7. The second-order valence-electron chi connectivity index (χ2n) is 5.93. The summed E-state index contributed by atoms with van der Waals surface area (Å²) in [7, 11) is 1.54. The maximum atomic E-state index is 12.2. The zero-order chi connectivity index (χ0) is 17.9. The molecule has 2 aromatic heterocycles. The Kier molecular flexibility index (Phi) is 4.22. The fourth-order valence-corrected chi connectivity index (χ4v) is 3.07. The molecule has 0 radical (unpaired) electrons. The zero-order valence-electron chi connectivity index (χ0n) is 14.2. The van der Waals surface area contributed by atoms with Gasteiger partial charge in [0.15, 0.2) is 0 Å². The Hall–Kier alpha value is -3.43. The fraction of sp³-hybridized carbons (Fsp3) is 0.312. The van der Waals surface area contributed by atoms with Crippen molar-refractivity contribution < 1.29 is 9.53 Å². The largest absolute Gasteiger partial charge is 0.494 e. The molecule has 4 rings (SSSR count). The maximum absolute atomic E-state index is 12.2. The van der Waals surface area contributed by atoms with E-state index in [1.807, 2.05) is 0 Å². The standard InChI is InChI=1S/C16H18N8O2/c1-26-15-7-10(24-9-18-22-23-24)5-6-13(15)19-16(25)17-8-14-11-3-2-4-12(11)20-21-14/h5-7,9H,2-4,8H2,1H3,(H,20,21)(H2,17,19,25). The number of fused-ring (bicyclic) bond motifs is 1. The molecule has 0 saturated carbocycles. The maximum Gasteiger partial charge on any atom is 0.319 e. The second-order valence-corrected chi connectivity index (χ2v) is 5.93. The average molecular weight is 354 g/mol. The van der Waals surface area contributed by atoms with Crippen molar-refractivity contribution in [1.29, 1.82) is 0 Å². The summed E-state index contributed by atoms with van der Waals surface area (Å²) in [6, 6.07) is 4.94. The first kappa shape index (κ1) is 16.1. The van der Waals surface area contributed by atoms with Crippen LogP contribution in [0.2, 0.25) is 0 Å². The molecule has 0 unspecified atom stereocenters. The van der Waals surface area contributed by atoms with Crippen LogP contribution in [0.4, 0.5) is 10.5 Å². The highest BCUT2D eigenvalue weighted by Gasteiger charge is 2.18. The number of aromatic nitrogens is 6. The lowest BCUT2D eigenvalue weighted by atomic mass is 10.2. The van der Waals surface area contributed by atoms with Gasteiger partial charge in [-0.15, -0.1) is 5.10 Å². The van der Waals surface area contributed by atoms with Crippen LogP contribution in [0.1, 0.15) is 23.4 Å². The van der Waals surface area contributed by atoms with E-state index in [2.05, 4.69) is 36.4 Å². The normalized spacial score (nSPS) is 12.7. The van der Waals surface area contributed by atoms with Gasteiger partial charge in [0.1, 0.15) is 12.1 Å². The van der Waals surface area contributed by atoms with Crippen molar-refractivity contribution in [2.75, 3.05) is 12.4 Å². The van der Waals surface area contributed by atoms with Crippen LogP contribution >= 0.6 is 0 Å². The molecule has 134 valence electrons. The van der Waals surface area contributed by atoms with E-state index < -0.39 is 0 Å². The summed E-state index contributed by atoms with van der Waals surface area (Å²) in [6.45, 7) is 0.378. The van der Waals surface area contributed by atoms with Crippen molar-refractivity contribution in [2.45, 2.75) is 25.8 Å². The summed E-state index contributed by atoms with van der Waals surface area (Å²) < 4.78 is 6.86. The lowest BCUT2D eigenvalue weighted by molar-refractivity contribution is 0.251. The molecule has 0 spiro atoms. The number of anilines is 1. The molecule has 10 heteroatoms. The van der Waals surface area contributed by atoms with E-state index >= 15 is 0 Å². The number of carbonyl (C=O) groups excluding carboxylic acids is 1. The quantitative estimate of drug-likeness (QED) is 0.633. The predicted octanol–water partition coefficient (Wildman–Crippen LogP) is 1.20. The molecule has 0 fully saturated rings. The third-order valence-corrected chi connectivity index (χ3v) is 4.36. The lowest BCUT2D eigenvalue weighted by Crippen LogP contribution is -2.28. The Labute approximate surface area is 148 Å². The molecular formula is C16H18N8O2. The smallest absolute Gasteiger partial charge is 0.319 e. The third kappa shape index (κ3) is 3.08. The van der Waals surface area contributed by atoms with E-state index in [0.29, 0.717) is 18.0 Å². The number of tetrazole rings is 1. The van der Waals surface area contributed by atoms with Crippen molar-refractivity contribution >= 4 is 11.7 Å². The van der Waals surface area contributed by atoms with Gasteiger partial charge < -0.3 is 15.4 Å². The molecule has 1 aliphatic carbocycles. The number of aromatic amines is 1. The van der Waals surface area contributed by atoms with E-state index in [-0.39, 0.29) is 6.03 Å². The molecule has 0 saturated heterocycles. The van der Waals surface area contributed by atoms with E-state index in [1.54, 1.807) is 18.2 Å². The third-order valence-electron chi connectivity index (χ3n) is 4.36. The van der Waals surface area contributed by atoms with E-state index in [9.17, 15) is 4.79 Å². The Morgan fingerprint density at radius 1 is 1.38 bits per heavy atom. The number of aryl methyl sites for hydroxylation is 1. The average Bonchev–Trinajstić information content (AvgIpc) is 3.38. The first-order valence-corrected chi connectivity index (χ1v) is 8.26. The molecule has 1 aliphatic rings. The molecule has 2 heterocycles. The lowest BCUT2D eigenvalue weighted by Gasteiger charge is -2.12. The Morgan fingerprint density at radius 2 is 2.31 bits per heavy atom. The van der Waals surface area contributed by atoms with Crippen molar-refractivity contribution in [3.8, 4) is 11.4 Å². The summed E-state index contributed by atoms with van der Waals surface area (Å²) in [5, 5.41) is 24.0. The van der Waals surface area contributed by atoms with Crippen LogP contribution < -0.4 is 15.4 Å². The summed E-state index contributed by atoms with van der Waals surface area (Å²) in [5.41, 5.74) is 4.59. The highest BCUT2D eigenvalue weighted by Crippen LogP contribution is 2.27. The van der Waals surface area contributed by atoms with Gasteiger partial charge in [0.2, 0.25) is 0 Å². The van der Waals surface area contributed by atoms with Crippen LogP contribution in [-0.2, 0) is 19.4 Å². The Bertz CT molecular complexity index is 918. The van der Waals surface area contributed by atoms with Gasteiger partial charge >= 0.3 is 6.03 Å². The first-order valence-electron chi connectivity index (χ1n) is 8.26. The number of hydrogen-bond acceptors (Lipinski definition) is 6. The van der Waals surface area contributed by atoms with Crippen LogP contribution in [0.15, 0.2) is 24.5 Å². The number of urea groups is 1. The summed E-state index contributed by atoms with van der Waals surface area (Å²) in [6.07, 6.45) is 4.65. The summed E-state index contributed by atoms with van der Waals surface area (Å²) in [4.78, 5) is 12.2. The van der Waals surface area contributed by atoms with Gasteiger partial charge in [-0.2, -0.15) is 5.10 Å². The molecule has 3 aromatic rings. The summed E-state index contributed by atoms with van der Waals surface area (Å²) in [5.74, 6) is 0.508. The van der Waals surface area contributed by atoms with Gasteiger partial charge in [-0.1, -0.05) is 0 Å². The van der Waals surface area contributed by atoms with Crippen LogP contribution in [0, 0.1) is 0 Å². The number of rotatable bonds is 5. The topological polar surface area (TPSA) is 123 Å². The molecule has 1 aromatic carbocycles. The number of methoxy groups -OCH3 is 1. The molecule has 0 aliphatic heterocycles. The van der Waals surface area contributed by atoms with E-state index in [0.717, 1.165) is 30.6 Å². The number of hydrogen-bond donors (Lipinski definition) is 3. The minimum absolute atomic E-state index is 0.326.